The molecular weight excluding hydrogens is 586 g/mol. The predicted octanol–water partition coefficient (Wildman–Crippen LogP) is 7.68. The minimum atomic E-state index is -0.573. The summed E-state index contributed by atoms with van der Waals surface area (Å²) in [5, 5.41) is 6.50. The van der Waals surface area contributed by atoms with E-state index >= 15 is 0 Å². The average molecular weight is 618 g/mol. The number of anilines is 3. The van der Waals surface area contributed by atoms with Crippen molar-refractivity contribution in [3.63, 3.8) is 0 Å². The van der Waals surface area contributed by atoms with Gasteiger partial charge in [-0.1, -0.05) is 48.0 Å². The van der Waals surface area contributed by atoms with Gasteiger partial charge in [-0.05, 0) is 75.4 Å². The molecule has 4 aromatic carbocycles. The Morgan fingerprint density at radius 2 is 1.51 bits per heavy atom. The Labute approximate surface area is 265 Å². The maximum absolute atomic E-state index is 14.5. The molecule has 226 valence electrons. The third-order valence-electron chi connectivity index (χ3n) is 8.05. The van der Waals surface area contributed by atoms with Crippen molar-refractivity contribution < 1.29 is 9.59 Å². The summed E-state index contributed by atoms with van der Waals surface area (Å²) in [6.45, 7) is 8.23. The molecule has 1 aliphatic carbocycles. The second-order valence-corrected chi connectivity index (χ2v) is 11.0. The minimum Gasteiger partial charge on any atom is -0.372 e. The van der Waals surface area contributed by atoms with Crippen LogP contribution in [0.15, 0.2) is 95.8 Å². The van der Waals surface area contributed by atoms with Crippen LogP contribution in [0.3, 0.4) is 0 Å². The van der Waals surface area contributed by atoms with Crippen LogP contribution in [0.1, 0.15) is 41.5 Å². The quantitative estimate of drug-likeness (QED) is 0.135. The molecule has 0 unspecified atom stereocenters. The van der Waals surface area contributed by atoms with Crippen molar-refractivity contribution in [2.75, 3.05) is 28.6 Å². The van der Waals surface area contributed by atoms with Gasteiger partial charge in [0.2, 0.25) is 5.43 Å². The maximum atomic E-state index is 14.5. The van der Waals surface area contributed by atoms with Crippen LogP contribution < -0.4 is 21.0 Å². The molecule has 0 radical (unpaired) electrons. The lowest BCUT2D eigenvalue weighted by Crippen LogP contribution is -2.27. The molecule has 0 saturated heterocycles. The Kier molecular flexibility index (Phi) is 8.24. The summed E-state index contributed by atoms with van der Waals surface area (Å²) in [6, 6.07) is 27.0. The number of carbonyl (C=O) groups excluding carboxylic acids is 2. The highest BCUT2D eigenvalue weighted by molar-refractivity contribution is 6.37. The monoisotopic (exact) mass is 617 g/mol. The maximum Gasteiger partial charge on any atom is 0.261 e. The van der Waals surface area contributed by atoms with Crippen molar-refractivity contribution in [1.29, 1.82) is 0 Å². The second kappa shape index (κ2) is 12.4. The van der Waals surface area contributed by atoms with E-state index in [1.165, 1.54) is 0 Å². The van der Waals surface area contributed by atoms with E-state index in [2.05, 4.69) is 29.4 Å². The van der Waals surface area contributed by atoms with Gasteiger partial charge in [-0.3, -0.25) is 14.4 Å². The summed E-state index contributed by atoms with van der Waals surface area (Å²) in [4.78, 5) is 49.1. The van der Waals surface area contributed by atoms with Crippen molar-refractivity contribution in [2.24, 2.45) is 0 Å². The molecule has 0 fully saturated rings. The molecule has 8 nitrogen and oxygen atoms in total. The van der Waals surface area contributed by atoms with Gasteiger partial charge < -0.3 is 20.1 Å². The Hall–Kier alpha value is -5.21. The Bertz CT molecular complexity index is 2090. The average Bonchev–Trinajstić information content (AvgIpc) is 3.06. The summed E-state index contributed by atoms with van der Waals surface area (Å²) >= 11 is 6.72. The molecule has 0 atom stereocenters. The fraction of sp³-hybridized carbons (Fsp3) is 0.167. The van der Waals surface area contributed by atoms with E-state index in [0.717, 1.165) is 24.3 Å². The van der Waals surface area contributed by atoms with Gasteiger partial charge in [0, 0.05) is 42.0 Å². The smallest absolute Gasteiger partial charge is 0.261 e. The van der Waals surface area contributed by atoms with Crippen molar-refractivity contribution in [1.82, 2.24) is 9.55 Å². The normalized spacial score (nSPS) is 11.2. The van der Waals surface area contributed by atoms with E-state index in [0.29, 0.717) is 45.8 Å². The minimum absolute atomic E-state index is 0.0701. The number of nitrogens with zero attached hydrogens (tertiary/aromatic N) is 3. The number of hydrogen-bond donors (Lipinski definition) is 2. The Balaban J connectivity index is 1.70. The van der Waals surface area contributed by atoms with Crippen molar-refractivity contribution in [3.8, 4) is 11.4 Å². The number of aryl methyl sites for hydroxylation is 1. The fourth-order valence-electron chi connectivity index (χ4n) is 5.88. The van der Waals surface area contributed by atoms with Crippen molar-refractivity contribution in [2.45, 2.75) is 27.3 Å². The number of nitrogens with one attached hydrogen (secondary N) is 2. The van der Waals surface area contributed by atoms with Crippen LogP contribution >= 0.6 is 11.6 Å². The summed E-state index contributed by atoms with van der Waals surface area (Å²) < 4.78 is 1.95. The van der Waals surface area contributed by atoms with Gasteiger partial charge in [0.1, 0.15) is 5.56 Å². The van der Waals surface area contributed by atoms with Crippen LogP contribution in [0.2, 0.25) is 5.02 Å². The molecule has 4 aromatic rings. The highest BCUT2D eigenvalue weighted by atomic mass is 35.5. The lowest BCUT2D eigenvalue weighted by Gasteiger charge is -2.25. The number of amides is 2. The zero-order valence-corrected chi connectivity index (χ0v) is 26.0. The lowest BCUT2D eigenvalue weighted by atomic mass is 9.95. The Morgan fingerprint density at radius 3 is 2.18 bits per heavy atom. The molecule has 2 amide bonds. The van der Waals surface area contributed by atoms with E-state index in [-0.39, 0.29) is 21.9 Å². The van der Waals surface area contributed by atoms with Crippen LogP contribution in [-0.4, -0.2) is 34.5 Å². The summed E-state index contributed by atoms with van der Waals surface area (Å²) in [7, 11) is 0. The molecule has 9 heteroatoms. The zero-order valence-electron chi connectivity index (χ0n) is 25.2. The van der Waals surface area contributed by atoms with Gasteiger partial charge in [0.05, 0.1) is 38.5 Å². The van der Waals surface area contributed by atoms with E-state index < -0.39 is 11.3 Å². The number of rotatable bonds is 8. The van der Waals surface area contributed by atoms with Crippen molar-refractivity contribution >= 4 is 62.3 Å². The number of hydrogen-bond acceptors (Lipinski definition) is 5. The first-order valence-corrected chi connectivity index (χ1v) is 15.3. The highest BCUT2D eigenvalue weighted by Gasteiger charge is 2.30. The molecule has 6 rings (SSSR count). The van der Waals surface area contributed by atoms with Gasteiger partial charge in [-0.25, -0.2) is 4.98 Å². The van der Waals surface area contributed by atoms with Crippen LogP contribution in [-0.2, 0) is 6.54 Å². The molecule has 0 bridgehead atoms. The topological polar surface area (TPSA) is 96.3 Å². The zero-order chi connectivity index (χ0) is 31.7. The SMILES string of the molecule is CCN(CC)c1ccc2nc3c4c(NC(=O)c5ccccc5)ccc(Cl)c4c(=O)c(C(=O)Nc4ccccc4)c-3n(CC)c2c1. The standard InChI is InChI=1S/C36H32ClN5O3/c1-4-41(5-2)24-17-19-26-28(21-24)42(6-3)33-31(36(45)38-23-15-11-8-12-16-23)34(43)29-25(37)18-20-27(30(29)32(33)39-26)40-35(44)22-13-9-7-10-14-22/h7-21H,4-6H2,1-3H3,(H,38,45)(H,40,44). The van der Waals surface area contributed by atoms with Crippen LogP contribution in [0.4, 0.5) is 17.1 Å². The number of fused-ring (bicyclic) bond motifs is 4. The molecule has 0 saturated carbocycles. The summed E-state index contributed by atoms with van der Waals surface area (Å²) in [6.07, 6.45) is 0. The predicted molar refractivity (Wildman–Crippen MR) is 183 cm³/mol. The van der Waals surface area contributed by atoms with Gasteiger partial charge in [0.25, 0.3) is 11.8 Å². The van der Waals surface area contributed by atoms with E-state index in [9.17, 15) is 14.4 Å². The summed E-state index contributed by atoms with van der Waals surface area (Å²) in [5.41, 5.74) is 3.97. The molecule has 0 spiro atoms. The lowest BCUT2D eigenvalue weighted by molar-refractivity contribution is 0.101. The number of benzene rings is 5. The van der Waals surface area contributed by atoms with Gasteiger partial charge >= 0.3 is 0 Å². The molecule has 2 aliphatic rings. The van der Waals surface area contributed by atoms with Gasteiger partial charge in [0.15, 0.2) is 0 Å². The van der Waals surface area contributed by atoms with E-state index in [1.54, 1.807) is 60.7 Å². The van der Waals surface area contributed by atoms with Crippen molar-refractivity contribution in [3.05, 3.63) is 117 Å². The number of carbonyl (C=O) groups is 2. The van der Waals surface area contributed by atoms with E-state index in [1.807, 2.05) is 41.8 Å². The molecular formula is C36H32ClN5O3. The second-order valence-electron chi connectivity index (χ2n) is 10.6. The third kappa shape index (κ3) is 5.38. The molecule has 45 heavy (non-hydrogen) atoms. The largest absolute Gasteiger partial charge is 0.372 e. The number of halogens is 1. The fourth-order valence-corrected chi connectivity index (χ4v) is 6.12. The summed E-state index contributed by atoms with van der Waals surface area (Å²) in [5.74, 6) is -0.921. The van der Waals surface area contributed by atoms with E-state index in [4.69, 9.17) is 16.6 Å². The first kappa shape index (κ1) is 29.8. The Morgan fingerprint density at radius 1 is 0.822 bits per heavy atom. The highest BCUT2D eigenvalue weighted by Crippen LogP contribution is 2.40. The molecule has 1 aliphatic heterocycles. The first-order valence-electron chi connectivity index (χ1n) is 15.0. The molecule has 1 heterocycles. The number of para-hydroxylation sites is 1. The third-order valence-corrected chi connectivity index (χ3v) is 8.36. The first-order chi connectivity index (χ1) is 21.9. The van der Waals surface area contributed by atoms with Crippen LogP contribution in [0, 0.1) is 0 Å². The molecule has 0 aromatic heterocycles. The number of aromatic nitrogens is 2. The van der Waals surface area contributed by atoms with Crippen LogP contribution in [0.25, 0.3) is 33.2 Å². The van der Waals surface area contributed by atoms with Gasteiger partial charge in [-0.15, -0.1) is 0 Å². The molecule has 2 N–H and O–H groups in total. The van der Waals surface area contributed by atoms with Gasteiger partial charge in [-0.2, -0.15) is 0 Å². The van der Waals surface area contributed by atoms with Crippen LogP contribution in [0.5, 0.6) is 0 Å².